The van der Waals surface area contributed by atoms with E-state index in [1.165, 1.54) is 49.0 Å². The molecule has 0 saturated carbocycles. The van der Waals surface area contributed by atoms with Crippen LogP contribution in [0, 0.1) is 6.42 Å². The summed E-state index contributed by atoms with van der Waals surface area (Å²) < 4.78 is 10.8. The van der Waals surface area contributed by atoms with Gasteiger partial charge in [-0.3, -0.25) is 0 Å². The standard InChI is InChI=1S/C33H27O2/c1-34-29-15-6-22(7-16-29)20-28(23-12-17-30(35-2)18-13-23)21-27-11-10-26-9-8-24-4-3-5-25-14-19-31(27)33(26)32(24)25/h3-19,21,28H,20H2,1-2H3. The Kier molecular flexibility index (Phi) is 5.50. The smallest absolute Gasteiger partial charge is 0.118 e. The van der Waals surface area contributed by atoms with Crippen molar-refractivity contribution >= 4 is 32.3 Å². The van der Waals surface area contributed by atoms with Crippen LogP contribution in [-0.2, 0) is 6.42 Å². The fourth-order valence-corrected chi connectivity index (χ4v) is 5.26. The van der Waals surface area contributed by atoms with Gasteiger partial charge in [0.15, 0.2) is 0 Å². The molecule has 1 atom stereocenters. The zero-order chi connectivity index (χ0) is 23.8. The fourth-order valence-electron chi connectivity index (χ4n) is 5.26. The first-order valence-electron chi connectivity index (χ1n) is 12.0. The molecule has 0 bridgehead atoms. The van der Waals surface area contributed by atoms with Gasteiger partial charge in [0.2, 0.25) is 0 Å². The molecule has 0 heterocycles. The van der Waals surface area contributed by atoms with E-state index in [4.69, 9.17) is 9.47 Å². The predicted octanol–water partition coefficient (Wildman–Crippen LogP) is 8.18. The van der Waals surface area contributed by atoms with Crippen LogP contribution in [0.25, 0.3) is 32.3 Å². The summed E-state index contributed by atoms with van der Waals surface area (Å²) in [6, 6.07) is 37.0. The Bertz CT molecular complexity index is 1580. The van der Waals surface area contributed by atoms with Crippen molar-refractivity contribution in [2.45, 2.75) is 12.3 Å². The Balaban J connectivity index is 1.44. The zero-order valence-electron chi connectivity index (χ0n) is 20.0. The summed E-state index contributed by atoms with van der Waals surface area (Å²) in [5.41, 5.74) is 3.82. The van der Waals surface area contributed by atoms with Gasteiger partial charge in [-0.05, 0) is 92.0 Å². The Hall–Kier alpha value is -4.04. The van der Waals surface area contributed by atoms with E-state index >= 15 is 0 Å². The second-order valence-corrected chi connectivity index (χ2v) is 9.11. The van der Waals surface area contributed by atoms with Crippen LogP contribution in [0.2, 0.25) is 0 Å². The highest BCUT2D eigenvalue weighted by Gasteiger charge is 2.18. The van der Waals surface area contributed by atoms with Gasteiger partial charge in [0, 0.05) is 0 Å². The normalized spacial score (nSPS) is 12.4. The molecular weight excluding hydrogens is 428 g/mol. The summed E-state index contributed by atoms with van der Waals surface area (Å²) in [6.07, 6.45) is 3.33. The number of methoxy groups -OCH3 is 2. The molecule has 0 aliphatic rings. The minimum atomic E-state index is 0.216. The lowest BCUT2D eigenvalue weighted by atomic mass is 9.84. The lowest BCUT2D eigenvalue weighted by Gasteiger charge is -2.20. The van der Waals surface area contributed by atoms with Gasteiger partial charge in [0.25, 0.3) is 0 Å². The zero-order valence-corrected chi connectivity index (χ0v) is 20.0. The van der Waals surface area contributed by atoms with Crippen molar-refractivity contribution in [2.24, 2.45) is 0 Å². The number of ether oxygens (including phenoxy) is 2. The first-order chi connectivity index (χ1) is 17.2. The molecule has 0 spiro atoms. The molecule has 171 valence electrons. The van der Waals surface area contributed by atoms with Crippen molar-refractivity contribution in [3.8, 4) is 11.5 Å². The molecular formula is C33H27O2. The quantitative estimate of drug-likeness (QED) is 0.226. The minimum absolute atomic E-state index is 0.216. The van der Waals surface area contributed by atoms with Gasteiger partial charge in [0.05, 0.1) is 14.2 Å². The van der Waals surface area contributed by atoms with Crippen LogP contribution in [0.15, 0.2) is 103 Å². The van der Waals surface area contributed by atoms with Gasteiger partial charge < -0.3 is 9.47 Å². The second-order valence-electron chi connectivity index (χ2n) is 9.11. The van der Waals surface area contributed by atoms with Gasteiger partial charge in [-0.25, -0.2) is 0 Å². The highest BCUT2D eigenvalue weighted by atomic mass is 16.5. The Labute approximate surface area is 206 Å². The molecule has 6 aromatic carbocycles. The van der Waals surface area contributed by atoms with Crippen LogP contribution in [0.1, 0.15) is 22.6 Å². The van der Waals surface area contributed by atoms with E-state index in [9.17, 15) is 0 Å². The SMILES string of the molecule is COc1ccc(CC([CH]c2ccc3ccc4cccc5ccc2c3c45)c2ccc(OC)cc2)cc1. The molecule has 35 heavy (non-hydrogen) atoms. The number of hydrogen-bond donors (Lipinski definition) is 0. The summed E-state index contributed by atoms with van der Waals surface area (Å²) in [4.78, 5) is 0. The first-order valence-corrected chi connectivity index (χ1v) is 12.0. The summed E-state index contributed by atoms with van der Waals surface area (Å²) in [5.74, 6) is 1.97. The topological polar surface area (TPSA) is 18.5 Å². The largest absolute Gasteiger partial charge is 0.497 e. The van der Waals surface area contributed by atoms with Gasteiger partial charge in [0.1, 0.15) is 11.5 Å². The molecule has 0 aliphatic heterocycles. The van der Waals surface area contributed by atoms with Crippen molar-refractivity contribution < 1.29 is 9.47 Å². The molecule has 6 rings (SSSR count). The molecule has 1 unspecified atom stereocenters. The molecule has 1 radical (unpaired) electrons. The predicted molar refractivity (Wildman–Crippen MR) is 146 cm³/mol. The first kappa shape index (κ1) is 21.5. The molecule has 6 aromatic rings. The lowest BCUT2D eigenvalue weighted by molar-refractivity contribution is 0.414. The lowest BCUT2D eigenvalue weighted by Crippen LogP contribution is -2.06. The molecule has 0 saturated heterocycles. The second kappa shape index (κ2) is 8.96. The third kappa shape index (κ3) is 3.95. The van der Waals surface area contributed by atoms with Crippen LogP contribution in [0.3, 0.4) is 0 Å². The van der Waals surface area contributed by atoms with Gasteiger partial charge in [-0.15, -0.1) is 0 Å². The maximum Gasteiger partial charge on any atom is 0.118 e. The molecule has 0 aliphatic carbocycles. The maximum atomic E-state index is 5.41. The van der Waals surface area contributed by atoms with E-state index in [0.717, 1.165) is 17.9 Å². The monoisotopic (exact) mass is 455 g/mol. The van der Waals surface area contributed by atoms with E-state index in [-0.39, 0.29) is 5.92 Å². The van der Waals surface area contributed by atoms with Gasteiger partial charge in [-0.1, -0.05) is 78.9 Å². The minimum Gasteiger partial charge on any atom is -0.497 e. The van der Waals surface area contributed by atoms with E-state index in [0.29, 0.717) is 0 Å². The molecule has 0 fully saturated rings. The van der Waals surface area contributed by atoms with E-state index in [1.807, 2.05) is 24.3 Å². The van der Waals surface area contributed by atoms with Crippen LogP contribution in [0.5, 0.6) is 11.5 Å². The van der Waals surface area contributed by atoms with Crippen molar-refractivity contribution in [2.75, 3.05) is 14.2 Å². The van der Waals surface area contributed by atoms with Crippen molar-refractivity contribution in [3.05, 3.63) is 126 Å². The fraction of sp³-hybridized carbons (Fsp3) is 0.121. The van der Waals surface area contributed by atoms with Crippen molar-refractivity contribution in [3.63, 3.8) is 0 Å². The highest BCUT2D eigenvalue weighted by molar-refractivity contribution is 6.23. The average molecular weight is 456 g/mol. The van der Waals surface area contributed by atoms with E-state index in [2.05, 4.69) is 85.3 Å². The number of benzene rings is 6. The molecule has 0 aromatic heterocycles. The highest BCUT2D eigenvalue weighted by Crippen LogP contribution is 2.38. The number of hydrogen-bond acceptors (Lipinski definition) is 2. The van der Waals surface area contributed by atoms with Gasteiger partial charge >= 0.3 is 0 Å². The van der Waals surface area contributed by atoms with E-state index in [1.54, 1.807) is 14.2 Å². The van der Waals surface area contributed by atoms with E-state index < -0.39 is 0 Å². The van der Waals surface area contributed by atoms with Crippen LogP contribution >= 0.6 is 0 Å². The van der Waals surface area contributed by atoms with Crippen molar-refractivity contribution in [1.29, 1.82) is 0 Å². The average Bonchev–Trinajstić information content (AvgIpc) is 2.92. The summed E-state index contributed by atoms with van der Waals surface area (Å²) >= 11 is 0. The summed E-state index contributed by atoms with van der Waals surface area (Å²) in [5, 5.41) is 7.89. The van der Waals surface area contributed by atoms with Gasteiger partial charge in [-0.2, -0.15) is 0 Å². The summed E-state index contributed by atoms with van der Waals surface area (Å²) in [6.45, 7) is 0. The Morgan fingerprint density at radius 3 is 1.83 bits per heavy atom. The van der Waals surface area contributed by atoms with Crippen LogP contribution in [-0.4, -0.2) is 14.2 Å². The van der Waals surface area contributed by atoms with Crippen molar-refractivity contribution in [1.82, 2.24) is 0 Å². The van der Waals surface area contributed by atoms with Crippen LogP contribution < -0.4 is 9.47 Å². The maximum absolute atomic E-state index is 5.41. The Morgan fingerprint density at radius 1 is 0.600 bits per heavy atom. The molecule has 0 N–H and O–H groups in total. The molecule has 0 amide bonds. The Morgan fingerprint density at radius 2 is 1.17 bits per heavy atom. The third-order valence-corrected chi connectivity index (χ3v) is 7.10. The summed E-state index contributed by atoms with van der Waals surface area (Å²) in [7, 11) is 3.41. The number of rotatable bonds is 7. The molecule has 2 heteroatoms. The molecule has 2 nitrogen and oxygen atoms in total. The third-order valence-electron chi connectivity index (χ3n) is 7.10. The van der Waals surface area contributed by atoms with Crippen LogP contribution in [0.4, 0.5) is 0 Å².